The van der Waals surface area contributed by atoms with Crippen molar-refractivity contribution in [3.05, 3.63) is 211 Å². The molecule has 0 aromatic heterocycles. The van der Waals surface area contributed by atoms with Gasteiger partial charge >= 0.3 is 5.97 Å². The first-order valence-electron chi connectivity index (χ1n) is 20.7. The lowest BCUT2D eigenvalue weighted by atomic mass is 9.83. The molecule has 0 spiro atoms. The van der Waals surface area contributed by atoms with Crippen LogP contribution in [0.25, 0.3) is 11.1 Å². The van der Waals surface area contributed by atoms with Crippen molar-refractivity contribution in [3.8, 4) is 34.5 Å². The molecule has 0 radical (unpaired) electrons. The fraction of sp³-hybridized carbons (Fsp3) is 0.130. The molecule has 0 atom stereocenters. The molecule has 66 heavy (non-hydrogen) atoms. The number of methoxy groups -OCH3 is 2. The monoisotopic (exact) mass is 956 g/mol. The standard InChI is InChI=1S/C54H44Cl4N2O6/c1-59(2)37-15-7-33(8-16-37)45(35-11-19-41(20-12-35)64-43-27-23-39(62-5)24-28-43)31-54(48-47(53(61)66-54)49(55)51(57)52(58)50(48)56)32-46(34-9-17-38(18-10-34)60(3)4)36-13-21-42(22-14-36)65-44-29-25-40(63-6)26-30-44/h7-32H,1-6H3/b45-31+,46-32+. The quantitative estimate of drug-likeness (QED) is 0.0607. The Balaban J connectivity index is 1.35. The summed E-state index contributed by atoms with van der Waals surface area (Å²) in [5.74, 6) is 3.23. The topological polar surface area (TPSA) is 69.7 Å². The number of esters is 1. The second-order valence-electron chi connectivity index (χ2n) is 15.8. The van der Waals surface area contributed by atoms with Crippen LogP contribution in [0.2, 0.25) is 20.1 Å². The van der Waals surface area contributed by atoms with E-state index in [4.69, 9.17) is 70.1 Å². The predicted molar refractivity (Wildman–Crippen MR) is 268 cm³/mol. The molecule has 1 aliphatic heterocycles. The third-order valence-electron chi connectivity index (χ3n) is 11.2. The minimum atomic E-state index is -1.72. The third kappa shape index (κ3) is 9.55. The summed E-state index contributed by atoms with van der Waals surface area (Å²) >= 11 is 27.7. The van der Waals surface area contributed by atoms with Crippen LogP contribution in [0.3, 0.4) is 0 Å². The van der Waals surface area contributed by atoms with Gasteiger partial charge in [-0.3, -0.25) is 0 Å². The Morgan fingerprint density at radius 2 is 0.758 bits per heavy atom. The van der Waals surface area contributed by atoms with Gasteiger partial charge in [0.1, 0.15) is 34.5 Å². The molecule has 0 saturated carbocycles. The molecule has 12 heteroatoms. The van der Waals surface area contributed by atoms with Crippen molar-refractivity contribution in [2.75, 3.05) is 52.2 Å². The molecule has 7 aromatic rings. The highest BCUT2D eigenvalue weighted by atomic mass is 35.5. The Hall–Kier alpha value is -6.55. The van der Waals surface area contributed by atoms with Crippen molar-refractivity contribution < 1.29 is 28.5 Å². The van der Waals surface area contributed by atoms with E-state index in [1.165, 1.54) is 0 Å². The Morgan fingerprint density at radius 1 is 0.455 bits per heavy atom. The number of ether oxygens (including phenoxy) is 5. The molecule has 1 aliphatic rings. The highest BCUT2D eigenvalue weighted by Gasteiger charge is 2.48. The van der Waals surface area contributed by atoms with Crippen LogP contribution in [-0.4, -0.2) is 48.4 Å². The normalized spacial score (nSPS) is 13.2. The van der Waals surface area contributed by atoms with Gasteiger partial charge in [0.05, 0.1) is 39.9 Å². The van der Waals surface area contributed by atoms with E-state index >= 15 is 0 Å². The van der Waals surface area contributed by atoms with E-state index in [9.17, 15) is 4.79 Å². The number of anilines is 2. The highest BCUT2D eigenvalue weighted by molar-refractivity contribution is 6.53. The van der Waals surface area contributed by atoms with Crippen LogP contribution in [0.15, 0.2) is 158 Å². The van der Waals surface area contributed by atoms with Gasteiger partial charge in [-0.25, -0.2) is 4.79 Å². The summed E-state index contributed by atoms with van der Waals surface area (Å²) in [5.41, 5.74) is 5.15. The zero-order valence-electron chi connectivity index (χ0n) is 36.9. The largest absolute Gasteiger partial charge is 0.497 e. The summed E-state index contributed by atoms with van der Waals surface area (Å²) in [6.45, 7) is 0. The number of benzene rings is 7. The summed E-state index contributed by atoms with van der Waals surface area (Å²) in [6, 6.07) is 46.2. The van der Waals surface area contributed by atoms with Gasteiger partial charge in [-0.15, -0.1) is 0 Å². The molecule has 0 fully saturated rings. The van der Waals surface area contributed by atoms with Gasteiger partial charge in [0.25, 0.3) is 0 Å². The summed E-state index contributed by atoms with van der Waals surface area (Å²) in [4.78, 5) is 18.4. The molecule has 0 saturated heterocycles. The Morgan fingerprint density at radius 3 is 1.09 bits per heavy atom. The molecular formula is C54H44Cl4N2O6. The zero-order chi connectivity index (χ0) is 46.7. The maximum Gasteiger partial charge on any atom is 0.341 e. The van der Waals surface area contributed by atoms with Crippen molar-refractivity contribution in [2.45, 2.75) is 5.60 Å². The smallest absolute Gasteiger partial charge is 0.341 e. The predicted octanol–water partition coefficient (Wildman–Crippen LogP) is 14.7. The van der Waals surface area contributed by atoms with Crippen LogP contribution < -0.4 is 28.7 Å². The van der Waals surface area contributed by atoms with Gasteiger partial charge in [0.2, 0.25) is 0 Å². The van der Waals surface area contributed by atoms with Crippen LogP contribution >= 0.6 is 46.4 Å². The van der Waals surface area contributed by atoms with Crippen molar-refractivity contribution >= 4 is 74.9 Å². The first-order chi connectivity index (χ1) is 31.8. The van der Waals surface area contributed by atoms with Crippen molar-refractivity contribution in [3.63, 3.8) is 0 Å². The fourth-order valence-electron chi connectivity index (χ4n) is 7.63. The van der Waals surface area contributed by atoms with Gasteiger partial charge in [-0.1, -0.05) is 94.9 Å². The van der Waals surface area contributed by atoms with Gasteiger partial charge in [0, 0.05) is 45.1 Å². The summed E-state index contributed by atoms with van der Waals surface area (Å²) in [6.07, 6.45) is 3.78. The summed E-state index contributed by atoms with van der Waals surface area (Å²) in [7, 11) is 11.2. The van der Waals surface area contributed by atoms with Gasteiger partial charge in [-0.05, 0) is 143 Å². The van der Waals surface area contributed by atoms with Gasteiger partial charge < -0.3 is 33.5 Å². The zero-order valence-corrected chi connectivity index (χ0v) is 39.9. The average molecular weight is 959 g/mol. The Labute approximate surface area is 404 Å². The molecule has 0 unspecified atom stereocenters. The number of carbonyl (C=O) groups excluding carboxylic acids is 1. The maximum atomic E-state index is 14.4. The number of cyclic esters (lactones) is 1. The molecule has 8 rings (SSSR count). The van der Waals surface area contributed by atoms with E-state index in [0.29, 0.717) is 34.1 Å². The van der Waals surface area contributed by atoms with Gasteiger partial charge in [0.15, 0.2) is 5.60 Å². The Bertz CT molecular complexity index is 2780. The van der Waals surface area contributed by atoms with Crippen LogP contribution in [0.4, 0.5) is 11.4 Å². The molecule has 0 N–H and O–H groups in total. The molecule has 0 aliphatic carbocycles. The van der Waals surface area contributed by atoms with E-state index in [2.05, 4.69) is 0 Å². The van der Waals surface area contributed by atoms with E-state index in [1.54, 1.807) is 14.2 Å². The average Bonchev–Trinajstić information content (AvgIpc) is 3.63. The number of halogens is 4. The molecule has 8 nitrogen and oxygen atoms in total. The number of rotatable bonds is 14. The van der Waals surface area contributed by atoms with Gasteiger partial charge in [-0.2, -0.15) is 0 Å². The van der Waals surface area contributed by atoms with E-state index in [1.807, 2.05) is 196 Å². The summed E-state index contributed by atoms with van der Waals surface area (Å²) < 4.78 is 29.7. The van der Waals surface area contributed by atoms with Crippen molar-refractivity contribution in [1.29, 1.82) is 0 Å². The number of carbonyl (C=O) groups is 1. The van der Waals surface area contributed by atoms with Crippen LogP contribution in [-0.2, 0) is 10.3 Å². The lowest BCUT2D eigenvalue weighted by molar-refractivity contribution is 0.0300. The Kier molecular flexibility index (Phi) is 13.6. The van der Waals surface area contributed by atoms with E-state index in [0.717, 1.165) is 45.1 Å². The number of hydrogen-bond acceptors (Lipinski definition) is 8. The second-order valence-corrected chi connectivity index (χ2v) is 17.3. The third-order valence-corrected chi connectivity index (χ3v) is 13.0. The molecule has 334 valence electrons. The van der Waals surface area contributed by atoms with Crippen LogP contribution in [0.5, 0.6) is 34.5 Å². The fourth-order valence-corrected chi connectivity index (χ4v) is 8.71. The van der Waals surface area contributed by atoms with Crippen LogP contribution in [0, 0.1) is 0 Å². The van der Waals surface area contributed by atoms with Crippen LogP contribution in [0.1, 0.15) is 38.2 Å². The molecule has 7 aromatic carbocycles. The first-order valence-corrected chi connectivity index (χ1v) is 22.2. The first kappa shape index (κ1) is 46.0. The van der Waals surface area contributed by atoms with E-state index in [-0.39, 0.29) is 31.2 Å². The lowest BCUT2D eigenvalue weighted by Crippen LogP contribution is -2.23. The summed E-state index contributed by atoms with van der Waals surface area (Å²) in [5, 5.41) is -0.110. The molecular weight excluding hydrogens is 914 g/mol. The minimum Gasteiger partial charge on any atom is -0.497 e. The number of nitrogens with zero attached hydrogens (tertiary/aromatic N) is 2. The highest BCUT2D eigenvalue weighted by Crippen LogP contribution is 2.54. The number of fused-ring (bicyclic) bond motifs is 1. The SMILES string of the molecule is COc1ccc(Oc2ccc(/C(=C/C3(/C=C(/c4ccc(Oc5ccc(OC)cc5)cc4)c4ccc(N(C)C)cc4)OC(=O)c4c(Cl)c(Cl)c(Cl)c(Cl)c43)c3ccc(N(C)C)cc3)cc2)cc1. The second kappa shape index (κ2) is 19.5. The molecule has 1 heterocycles. The maximum absolute atomic E-state index is 14.4. The van der Waals surface area contributed by atoms with E-state index < -0.39 is 11.6 Å². The molecule has 0 bridgehead atoms. The minimum absolute atomic E-state index is 0.0135. The van der Waals surface area contributed by atoms with Crippen molar-refractivity contribution in [1.82, 2.24) is 0 Å². The van der Waals surface area contributed by atoms with Crippen molar-refractivity contribution in [2.24, 2.45) is 0 Å². The molecule has 0 amide bonds. The lowest BCUT2D eigenvalue weighted by Gasteiger charge is -2.27. The number of hydrogen-bond donors (Lipinski definition) is 0.